The van der Waals surface area contributed by atoms with Crippen LogP contribution in [0, 0.1) is 6.92 Å². The quantitative estimate of drug-likeness (QED) is 0.482. The van der Waals surface area contributed by atoms with Crippen molar-refractivity contribution in [1.29, 1.82) is 0 Å². The van der Waals surface area contributed by atoms with E-state index in [1.165, 1.54) is 30.3 Å². The minimum atomic E-state index is -4.76. The van der Waals surface area contributed by atoms with Crippen molar-refractivity contribution in [2.45, 2.75) is 19.1 Å². The summed E-state index contributed by atoms with van der Waals surface area (Å²) < 4.78 is 45.8. The Morgan fingerprint density at radius 2 is 1.94 bits per heavy atom. The van der Waals surface area contributed by atoms with Crippen LogP contribution >= 0.6 is 23.2 Å². The molecule has 0 fully saturated rings. The molecule has 2 aromatic rings. The molecular formula is C21H17Cl2F3N2O3. The SMILES string of the molecule is C=CCOC(=O)Nc1cc(C2NOC(C(F)(F)F)=C2c2cc(Cl)cc(Cl)c2)ccc1C. The van der Waals surface area contributed by atoms with Crippen molar-refractivity contribution >= 4 is 40.6 Å². The van der Waals surface area contributed by atoms with Gasteiger partial charge in [-0.15, -0.1) is 5.48 Å². The summed E-state index contributed by atoms with van der Waals surface area (Å²) in [4.78, 5) is 16.7. The molecule has 31 heavy (non-hydrogen) atoms. The highest BCUT2D eigenvalue weighted by Gasteiger charge is 2.46. The lowest BCUT2D eigenvalue weighted by Crippen LogP contribution is -2.18. The number of rotatable bonds is 5. The molecule has 0 bridgehead atoms. The second kappa shape index (κ2) is 9.21. The van der Waals surface area contributed by atoms with Crippen molar-refractivity contribution < 1.29 is 27.5 Å². The molecule has 0 spiro atoms. The zero-order chi connectivity index (χ0) is 22.8. The normalized spacial score (nSPS) is 16.1. The maximum atomic E-state index is 13.6. The van der Waals surface area contributed by atoms with E-state index < -0.39 is 24.1 Å². The molecule has 0 aromatic heterocycles. The van der Waals surface area contributed by atoms with Gasteiger partial charge in [0.15, 0.2) is 0 Å². The molecule has 5 nitrogen and oxygen atoms in total. The smallest absolute Gasteiger partial charge is 0.445 e. The third-order valence-electron chi connectivity index (χ3n) is 4.41. The zero-order valence-corrected chi connectivity index (χ0v) is 17.7. The van der Waals surface area contributed by atoms with E-state index in [-0.39, 0.29) is 27.8 Å². The van der Waals surface area contributed by atoms with Gasteiger partial charge in [0.25, 0.3) is 0 Å². The molecule has 1 aliphatic heterocycles. The third-order valence-corrected chi connectivity index (χ3v) is 4.84. The topological polar surface area (TPSA) is 59.6 Å². The van der Waals surface area contributed by atoms with E-state index in [0.717, 1.165) is 0 Å². The number of allylic oxidation sites excluding steroid dienone is 1. The first kappa shape index (κ1) is 23.0. The van der Waals surface area contributed by atoms with Crippen molar-refractivity contribution in [3.8, 4) is 0 Å². The second-order valence-electron chi connectivity index (χ2n) is 6.64. The van der Waals surface area contributed by atoms with Crippen molar-refractivity contribution in [2.24, 2.45) is 0 Å². The molecule has 0 saturated heterocycles. The largest absolute Gasteiger partial charge is 0.451 e. The van der Waals surface area contributed by atoms with Gasteiger partial charge in [0.2, 0.25) is 5.76 Å². The number of amides is 1. The zero-order valence-electron chi connectivity index (χ0n) is 16.1. The molecule has 3 rings (SSSR count). The van der Waals surface area contributed by atoms with E-state index in [4.69, 9.17) is 32.8 Å². The van der Waals surface area contributed by atoms with E-state index in [9.17, 15) is 18.0 Å². The standard InChI is InChI=1S/C21H17Cl2F3N2O3/c1-3-6-30-20(29)27-16-9-12(5-4-11(16)2)18-17(19(31-28-18)21(24,25)26)13-7-14(22)10-15(23)8-13/h3-5,7-10,18,28H,1,6H2,2H3,(H,27,29). The Kier molecular flexibility index (Phi) is 6.83. The van der Waals surface area contributed by atoms with Crippen molar-refractivity contribution in [1.82, 2.24) is 5.48 Å². The lowest BCUT2D eigenvalue weighted by molar-refractivity contribution is -0.136. The Morgan fingerprint density at radius 1 is 1.26 bits per heavy atom. The van der Waals surface area contributed by atoms with E-state index in [2.05, 4.69) is 17.4 Å². The van der Waals surface area contributed by atoms with Crippen LogP contribution in [0.25, 0.3) is 5.57 Å². The van der Waals surface area contributed by atoms with Crippen LogP contribution in [-0.4, -0.2) is 18.9 Å². The van der Waals surface area contributed by atoms with Gasteiger partial charge in [0.1, 0.15) is 6.61 Å². The molecule has 2 N–H and O–H groups in total. The summed E-state index contributed by atoms with van der Waals surface area (Å²) >= 11 is 12.0. The van der Waals surface area contributed by atoms with Crippen LogP contribution in [0.3, 0.4) is 0 Å². The van der Waals surface area contributed by atoms with Crippen LogP contribution in [-0.2, 0) is 9.57 Å². The summed E-state index contributed by atoms with van der Waals surface area (Å²) in [6, 6.07) is 7.99. The molecule has 1 atom stereocenters. The third kappa shape index (κ3) is 5.33. The van der Waals surface area contributed by atoms with Crippen LogP contribution in [0.2, 0.25) is 10.0 Å². The van der Waals surface area contributed by atoms with Gasteiger partial charge >= 0.3 is 12.3 Å². The lowest BCUT2D eigenvalue weighted by atomic mass is 9.92. The molecule has 2 aromatic carbocycles. The maximum absolute atomic E-state index is 13.6. The van der Waals surface area contributed by atoms with Gasteiger partial charge in [0.05, 0.1) is 6.04 Å². The van der Waals surface area contributed by atoms with Gasteiger partial charge in [-0.25, -0.2) is 4.79 Å². The average Bonchev–Trinajstić information content (AvgIpc) is 3.13. The first-order valence-electron chi connectivity index (χ1n) is 8.95. The lowest BCUT2D eigenvalue weighted by Gasteiger charge is -2.17. The molecule has 0 aliphatic carbocycles. The number of halogens is 5. The molecule has 1 amide bonds. The number of anilines is 1. The van der Waals surface area contributed by atoms with Crippen molar-refractivity contribution in [3.63, 3.8) is 0 Å². The Morgan fingerprint density at radius 3 is 2.55 bits per heavy atom. The molecule has 0 saturated carbocycles. The Labute approximate surface area is 186 Å². The van der Waals surface area contributed by atoms with Gasteiger partial charge in [-0.2, -0.15) is 13.2 Å². The summed E-state index contributed by atoms with van der Waals surface area (Å²) in [5.41, 5.74) is 3.86. The van der Waals surface area contributed by atoms with Crippen molar-refractivity contribution in [2.75, 3.05) is 11.9 Å². The molecule has 1 heterocycles. The fourth-order valence-electron chi connectivity index (χ4n) is 3.05. The fourth-order valence-corrected chi connectivity index (χ4v) is 3.58. The molecule has 1 unspecified atom stereocenters. The molecular weight excluding hydrogens is 456 g/mol. The number of hydrogen-bond acceptors (Lipinski definition) is 4. The summed E-state index contributed by atoms with van der Waals surface area (Å²) in [6.45, 7) is 5.21. The minimum Gasteiger partial charge on any atom is -0.445 e. The second-order valence-corrected chi connectivity index (χ2v) is 7.51. The molecule has 164 valence electrons. The van der Waals surface area contributed by atoms with E-state index in [0.29, 0.717) is 16.8 Å². The maximum Gasteiger partial charge on any atom is 0.451 e. The van der Waals surface area contributed by atoms with Crippen LogP contribution in [0.15, 0.2) is 54.8 Å². The van der Waals surface area contributed by atoms with Gasteiger partial charge < -0.3 is 9.57 Å². The number of nitrogens with one attached hydrogen (secondary N) is 2. The predicted molar refractivity (Wildman–Crippen MR) is 113 cm³/mol. The number of aryl methyl sites for hydroxylation is 1. The van der Waals surface area contributed by atoms with E-state index in [1.54, 1.807) is 19.1 Å². The molecule has 0 radical (unpaired) electrons. The number of alkyl halides is 3. The highest BCUT2D eigenvalue weighted by atomic mass is 35.5. The van der Waals surface area contributed by atoms with Gasteiger partial charge in [-0.1, -0.05) is 48.0 Å². The number of hydrogen-bond donors (Lipinski definition) is 2. The Bertz CT molecular complexity index is 1030. The summed E-state index contributed by atoms with van der Waals surface area (Å²) in [6.07, 6.45) is -4.06. The first-order chi connectivity index (χ1) is 14.6. The molecule has 1 aliphatic rings. The van der Waals surface area contributed by atoms with Gasteiger partial charge in [0, 0.05) is 21.3 Å². The average molecular weight is 473 g/mol. The highest BCUT2D eigenvalue weighted by molar-refractivity contribution is 6.34. The Balaban J connectivity index is 2.05. The summed E-state index contributed by atoms with van der Waals surface area (Å²) in [7, 11) is 0. The number of carbonyl (C=O) groups is 1. The van der Waals surface area contributed by atoms with Crippen LogP contribution in [0.4, 0.5) is 23.7 Å². The van der Waals surface area contributed by atoms with Crippen LogP contribution < -0.4 is 10.8 Å². The fraction of sp³-hybridized carbons (Fsp3) is 0.190. The minimum absolute atomic E-state index is 0.0138. The first-order valence-corrected chi connectivity index (χ1v) is 9.71. The van der Waals surface area contributed by atoms with Crippen LogP contribution in [0.5, 0.6) is 0 Å². The number of benzene rings is 2. The predicted octanol–water partition coefficient (Wildman–Crippen LogP) is 6.59. The number of carbonyl (C=O) groups excluding carboxylic acids is 1. The van der Waals surface area contributed by atoms with Crippen LogP contribution in [0.1, 0.15) is 22.7 Å². The Hall–Kier alpha value is -2.68. The summed E-state index contributed by atoms with van der Waals surface area (Å²) in [5.74, 6) is -1.20. The van der Waals surface area contributed by atoms with E-state index in [1.807, 2.05) is 0 Å². The monoisotopic (exact) mass is 472 g/mol. The van der Waals surface area contributed by atoms with Gasteiger partial charge in [-0.3, -0.25) is 5.32 Å². The summed E-state index contributed by atoms with van der Waals surface area (Å²) in [5, 5.41) is 2.92. The number of ether oxygens (including phenoxy) is 1. The van der Waals surface area contributed by atoms with Gasteiger partial charge in [-0.05, 0) is 47.9 Å². The molecule has 10 heteroatoms. The highest BCUT2D eigenvalue weighted by Crippen LogP contribution is 2.45. The number of hydroxylamine groups is 1. The van der Waals surface area contributed by atoms with Crippen molar-refractivity contribution in [3.05, 3.63) is 81.5 Å². The van der Waals surface area contributed by atoms with E-state index >= 15 is 0 Å².